The fourth-order valence-electron chi connectivity index (χ4n) is 2.93. The first kappa shape index (κ1) is 15.7. The molecule has 1 saturated carbocycles. The quantitative estimate of drug-likeness (QED) is 0.892. The van der Waals surface area contributed by atoms with Crippen LogP contribution >= 0.6 is 0 Å². The number of aryl methyl sites for hydroxylation is 3. The minimum absolute atomic E-state index is 0.00748. The number of aromatic nitrogens is 3. The first-order valence-corrected chi connectivity index (χ1v) is 8.34. The van der Waals surface area contributed by atoms with Gasteiger partial charge in [0.1, 0.15) is 5.69 Å². The van der Waals surface area contributed by atoms with Gasteiger partial charge >= 0.3 is 0 Å². The molecule has 0 radical (unpaired) electrons. The molecule has 1 aliphatic carbocycles. The highest BCUT2D eigenvalue weighted by molar-refractivity contribution is 5.93. The lowest BCUT2D eigenvalue weighted by atomic mass is 10.1. The summed E-state index contributed by atoms with van der Waals surface area (Å²) in [4.78, 5) is 17.2. The van der Waals surface area contributed by atoms with Crippen molar-refractivity contribution in [1.29, 1.82) is 0 Å². The molecular formula is C18H24N4O. The van der Waals surface area contributed by atoms with Crippen LogP contribution in [0.4, 0.5) is 0 Å². The van der Waals surface area contributed by atoms with Gasteiger partial charge in [0.25, 0.3) is 5.91 Å². The van der Waals surface area contributed by atoms with E-state index in [0.717, 1.165) is 37.1 Å². The van der Waals surface area contributed by atoms with Crippen molar-refractivity contribution in [2.75, 3.05) is 0 Å². The van der Waals surface area contributed by atoms with E-state index in [4.69, 9.17) is 0 Å². The van der Waals surface area contributed by atoms with Gasteiger partial charge in [-0.25, -0.2) is 0 Å². The molecular weight excluding hydrogens is 288 g/mol. The molecule has 1 N–H and O–H groups in total. The van der Waals surface area contributed by atoms with Gasteiger partial charge < -0.3 is 5.32 Å². The molecule has 0 bridgehead atoms. The van der Waals surface area contributed by atoms with Gasteiger partial charge in [-0.05, 0) is 55.9 Å². The Bertz CT molecular complexity index is 703. The molecule has 122 valence electrons. The smallest absolute Gasteiger partial charge is 0.270 e. The SMILES string of the molecule is CCCc1cc(C(=O)N[C@H](c2cc(C)ccn2)C2CC2)n(C)n1. The number of carbonyl (C=O) groups is 1. The van der Waals surface area contributed by atoms with E-state index in [2.05, 4.69) is 35.3 Å². The summed E-state index contributed by atoms with van der Waals surface area (Å²) in [6, 6.07) is 5.93. The molecule has 1 aliphatic rings. The summed E-state index contributed by atoms with van der Waals surface area (Å²) in [6.45, 7) is 4.16. The number of hydrogen-bond acceptors (Lipinski definition) is 3. The third-order valence-electron chi connectivity index (χ3n) is 4.30. The van der Waals surface area contributed by atoms with Crippen LogP contribution < -0.4 is 5.32 Å². The molecule has 0 aromatic carbocycles. The van der Waals surface area contributed by atoms with Crippen LogP contribution in [-0.4, -0.2) is 20.7 Å². The largest absolute Gasteiger partial charge is 0.342 e. The number of carbonyl (C=O) groups excluding carboxylic acids is 1. The Hall–Kier alpha value is -2.17. The molecule has 5 heteroatoms. The molecule has 5 nitrogen and oxygen atoms in total. The fourth-order valence-corrected chi connectivity index (χ4v) is 2.93. The summed E-state index contributed by atoms with van der Waals surface area (Å²) in [5.41, 5.74) is 3.71. The Morgan fingerprint density at radius 3 is 2.87 bits per heavy atom. The summed E-state index contributed by atoms with van der Waals surface area (Å²) < 4.78 is 1.67. The van der Waals surface area contributed by atoms with Crippen LogP contribution in [0.15, 0.2) is 24.4 Å². The number of nitrogens with one attached hydrogen (secondary N) is 1. The summed E-state index contributed by atoms with van der Waals surface area (Å²) in [5.74, 6) is 0.430. The number of amides is 1. The zero-order chi connectivity index (χ0) is 16.4. The summed E-state index contributed by atoms with van der Waals surface area (Å²) in [6.07, 6.45) is 6.03. The summed E-state index contributed by atoms with van der Waals surface area (Å²) >= 11 is 0. The van der Waals surface area contributed by atoms with Crippen LogP contribution in [0, 0.1) is 12.8 Å². The van der Waals surface area contributed by atoms with Gasteiger partial charge in [-0.2, -0.15) is 5.10 Å². The third kappa shape index (κ3) is 3.60. The Balaban J connectivity index is 1.79. The summed E-state index contributed by atoms with van der Waals surface area (Å²) in [7, 11) is 1.82. The van der Waals surface area contributed by atoms with E-state index < -0.39 is 0 Å². The average Bonchev–Trinajstić information content (AvgIpc) is 3.28. The standard InChI is InChI=1S/C18H24N4O/c1-4-5-14-11-16(22(3)21-14)18(23)20-17(13-6-7-13)15-10-12(2)8-9-19-15/h8-11,13,17H,4-7H2,1-3H3,(H,20,23)/t17-/m0/s1. The zero-order valence-electron chi connectivity index (χ0n) is 14.0. The van der Waals surface area contributed by atoms with Gasteiger partial charge in [-0.15, -0.1) is 0 Å². The van der Waals surface area contributed by atoms with Gasteiger partial charge in [0.2, 0.25) is 0 Å². The maximum Gasteiger partial charge on any atom is 0.270 e. The number of pyridine rings is 1. The van der Waals surface area contributed by atoms with E-state index in [-0.39, 0.29) is 11.9 Å². The number of hydrogen-bond donors (Lipinski definition) is 1. The highest BCUT2D eigenvalue weighted by Gasteiger charge is 2.35. The average molecular weight is 312 g/mol. The lowest BCUT2D eigenvalue weighted by Gasteiger charge is -2.18. The Morgan fingerprint density at radius 1 is 1.43 bits per heavy atom. The van der Waals surface area contributed by atoms with Gasteiger partial charge in [-0.3, -0.25) is 14.5 Å². The van der Waals surface area contributed by atoms with E-state index in [1.165, 1.54) is 5.56 Å². The van der Waals surface area contributed by atoms with Gasteiger partial charge in [0, 0.05) is 13.2 Å². The van der Waals surface area contributed by atoms with Crippen molar-refractivity contribution in [3.05, 3.63) is 47.0 Å². The van der Waals surface area contributed by atoms with Gasteiger partial charge in [0.15, 0.2) is 0 Å². The first-order chi connectivity index (χ1) is 11.1. The Morgan fingerprint density at radius 2 is 2.22 bits per heavy atom. The van der Waals surface area contributed by atoms with Crippen molar-refractivity contribution < 1.29 is 4.79 Å². The predicted octanol–water partition coefficient (Wildman–Crippen LogP) is 2.96. The molecule has 0 unspecified atom stereocenters. The highest BCUT2D eigenvalue weighted by atomic mass is 16.2. The van der Waals surface area contributed by atoms with Gasteiger partial charge in [0.05, 0.1) is 17.4 Å². The van der Waals surface area contributed by atoms with Crippen molar-refractivity contribution in [2.45, 2.75) is 45.6 Å². The second-order valence-electron chi connectivity index (χ2n) is 6.44. The first-order valence-electron chi connectivity index (χ1n) is 8.34. The molecule has 2 heterocycles. The van der Waals surface area contributed by atoms with Crippen molar-refractivity contribution >= 4 is 5.91 Å². The number of nitrogens with zero attached hydrogens (tertiary/aromatic N) is 3. The Labute approximate surface area is 137 Å². The van der Waals surface area contributed by atoms with Crippen molar-refractivity contribution in [3.63, 3.8) is 0 Å². The van der Waals surface area contributed by atoms with Crippen LogP contribution in [0.5, 0.6) is 0 Å². The molecule has 0 spiro atoms. The molecule has 3 rings (SSSR count). The molecule has 0 saturated heterocycles. The van der Waals surface area contributed by atoms with Crippen molar-refractivity contribution in [1.82, 2.24) is 20.1 Å². The molecule has 1 atom stereocenters. The fraction of sp³-hybridized carbons (Fsp3) is 0.500. The molecule has 2 aromatic rings. The van der Waals surface area contributed by atoms with Crippen LogP contribution in [0.2, 0.25) is 0 Å². The van der Waals surface area contributed by atoms with E-state index in [9.17, 15) is 4.79 Å². The van der Waals surface area contributed by atoms with Crippen molar-refractivity contribution in [2.24, 2.45) is 13.0 Å². The number of rotatable bonds is 6. The Kier molecular flexibility index (Phi) is 4.46. The van der Waals surface area contributed by atoms with Crippen LogP contribution in [0.25, 0.3) is 0 Å². The lowest BCUT2D eigenvalue weighted by Crippen LogP contribution is -2.31. The van der Waals surface area contributed by atoms with E-state index in [1.54, 1.807) is 4.68 Å². The molecule has 2 aromatic heterocycles. The monoisotopic (exact) mass is 312 g/mol. The second kappa shape index (κ2) is 6.52. The minimum Gasteiger partial charge on any atom is -0.342 e. The van der Waals surface area contributed by atoms with Gasteiger partial charge in [-0.1, -0.05) is 13.3 Å². The van der Waals surface area contributed by atoms with Crippen molar-refractivity contribution in [3.8, 4) is 0 Å². The molecule has 0 aliphatic heterocycles. The third-order valence-corrected chi connectivity index (χ3v) is 4.30. The van der Waals surface area contributed by atoms with E-state index in [0.29, 0.717) is 11.6 Å². The summed E-state index contributed by atoms with van der Waals surface area (Å²) in [5, 5.41) is 7.59. The lowest BCUT2D eigenvalue weighted by molar-refractivity contribution is 0.0921. The topological polar surface area (TPSA) is 59.8 Å². The van der Waals surface area contributed by atoms with Crippen LogP contribution in [0.3, 0.4) is 0 Å². The maximum atomic E-state index is 12.7. The molecule has 23 heavy (non-hydrogen) atoms. The predicted molar refractivity (Wildman–Crippen MR) is 89.1 cm³/mol. The second-order valence-corrected chi connectivity index (χ2v) is 6.44. The molecule has 1 amide bonds. The zero-order valence-corrected chi connectivity index (χ0v) is 14.0. The van der Waals surface area contributed by atoms with E-state index >= 15 is 0 Å². The normalized spacial score (nSPS) is 15.4. The van der Waals surface area contributed by atoms with Crippen LogP contribution in [-0.2, 0) is 13.5 Å². The van der Waals surface area contributed by atoms with Crippen LogP contribution in [0.1, 0.15) is 59.7 Å². The van der Waals surface area contributed by atoms with E-state index in [1.807, 2.05) is 25.4 Å². The maximum absolute atomic E-state index is 12.7. The molecule has 1 fully saturated rings. The minimum atomic E-state index is -0.0671. The highest BCUT2D eigenvalue weighted by Crippen LogP contribution is 2.40.